The van der Waals surface area contributed by atoms with E-state index < -0.39 is 0 Å². The van der Waals surface area contributed by atoms with Crippen LogP contribution in [0.1, 0.15) is 11.1 Å². The Morgan fingerprint density at radius 3 is 2.40 bits per heavy atom. The van der Waals surface area contributed by atoms with Gasteiger partial charge in [-0.15, -0.1) is 0 Å². The average molecular weight is 266 g/mol. The fourth-order valence-corrected chi connectivity index (χ4v) is 1.65. The molecule has 20 heavy (non-hydrogen) atoms. The molecule has 2 N–H and O–H groups in total. The average Bonchev–Trinajstić information content (AvgIpc) is 2.47. The Labute approximate surface area is 118 Å². The molecule has 0 aromatic heterocycles. The van der Waals surface area contributed by atoms with Crippen LogP contribution in [0, 0.1) is 6.42 Å². The SMILES string of the molecule is Nc1ccc([CH]C(=O)OCC=Cc2ccccc2)cc1. The number of anilines is 1. The van der Waals surface area contributed by atoms with Crippen LogP contribution in [0.25, 0.3) is 6.08 Å². The van der Waals surface area contributed by atoms with Gasteiger partial charge in [0, 0.05) is 5.69 Å². The first-order valence-corrected chi connectivity index (χ1v) is 6.33. The minimum Gasteiger partial charge on any atom is -0.461 e. The maximum atomic E-state index is 11.6. The van der Waals surface area contributed by atoms with E-state index in [1.807, 2.05) is 42.5 Å². The number of hydrogen-bond donors (Lipinski definition) is 1. The highest BCUT2D eigenvalue weighted by Crippen LogP contribution is 2.08. The first kappa shape index (κ1) is 13.9. The fourth-order valence-electron chi connectivity index (χ4n) is 1.65. The molecule has 2 aromatic rings. The van der Waals surface area contributed by atoms with Gasteiger partial charge in [-0.1, -0.05) is 48.5 Å². The number of rotatable bonds is 5. The zero-order chi connectivity index (χ0) is 14.2. The Morgan fingerprint density at radius 1 is 1.00 bits per heavy atom. The molecule has 0 saturated heterocycles. The predicted octanol–water partition coefficient (Wildman–Crippen LogP) is 3.08. The van der Waals surface area contributed by atoms with Crippen molar-refractivity contribution in [1.82, 2.24) is 0 Å². The van der Waals surface area contributed by atoms with Crippen molar-refractivity contribution in [2.45, 2.75) is 0 Å². The van der Waals surface area contributed by atoms with Gasteiger partial charge in [-0.2, -0.15) is 0 Å². The molecule has 3 heteroatoms. The van der Waals surface area contributed by atoms with Gasteiger partial charge < -0.3 is 10.5 Å². The normalized spacial score (nSPS) is 10.6. The van der Waals surface area contributed by atoms with Crippen molar-refractivity contribution in [2.24, 2.45) is 0 Å². The van der Waals surface area contributed by atoms with E-state index in [1.54, 1.807) is 24.3 Å². The molecule has 0 spiro atoms. The molecule has 0 atom stereocenters. The molecule has 0 fully saturated rings. The van der Waals surface area contributed by atoms with E-state index in [-0.39, 0.29) is 12.6 Å². The number of ether oxygens (including phenoxy) is 1. The number of nitrogens with two attached hydrogens (primary N) is 1. The summed E-state index contributed by atoms with van der Waals surface area (Å²) in [5, 5.41) is 0. The summed E-state index contributed by atoms with van der Waals surface area (Å²) in [5.41, 5.74) is 8.09. The second kappa shape index (κ2) is 7.14. The van der Waals surface area contributed by atoms with Crippen LogP contribution in [0.3, 0.4) is 0 Å². The van der Waals surface area contributed by atoms with Crippen LogP contribution < -0.4 is 5.73 Å². The quantitative estimate of drug-likeness (QED) is 0.668. The third-order valence-corrected chi connectivity index (χ3v) is 2.65. The largest absolute Gasteiger partial charge is 0.461 e. The van der Waals surface area contributed by atoms with Crippen molar-refractivity contribution in [3.63, 3.8) is 0 Å². The summed E-state index contributed by atoms with van der Waals surface area (Å²) in [6.45, 7) is 0.249. The van der Waals surface area contributed by atoms with Gasteiger partial charge in [0.15, 0.2) is 0 Å². The first-order chi connectivity index (χ1) is 9.74. The van der Waals surface area contributed by atoms with E-state index in [0.29, 0.717) is 5.69 Å². The molecular weight excluding hydrogens is 250 g/mol. The summed E-state index contributed by atoms with van der Waals surface area (Å²) in [5.74, 6) is -0.368. The Balaban J connectivity index is 1.75. The molecule has 0 aliphatic carbocycles. The van der Waals surface area contributed by atoms with Crippen LogP contribution in [0.5, 0.6) is 0 Å². The minimum absolute atomic E-state index is 0.249. The molecule has 0 unspecified atom stereocenters. The lowest BCUT2D eigenvalue weighted by atomic mass is 10.1. The number of carbonyl (C=O) groups is 1. The van der Waals surface area contributed by atoms with Gasteiger partial charge in [0.25, 0.3) is 0 Å². The van der Waals surface area contributed by atoms with Crippen LogP contribution in [0.2, 0.25) is 0 Å². The van der Waals surface area contributed by atoms with Gasteiger partial charge in [0.2, 0.25) is 0 Å². The summed E-state index contributed by atoms with van der Waals surface area (Å²) < 4.78 is 5.09. The molecule has 101 valence electrons. The van der Waals surface area contributed by atoms with Crippen LogP contribution in [-0.2, 0) is 9.53 Å². The number of carbonyl (C=O) groups excluding carboxylic acids is 1. The Bertz CT molecular complexity index is 574. The molecule has 0 bridgehead atoms. The number of benzene rings is 2. The summed E-state index contributed by atoms with van der Waals surface area (Å²) in [7, 11) is 0. The molecule has 1 radical (unpaired) electrons. The summed E-state index contributed by atoms with van der Waals surface area (Å²) in [4.78, 5) is 11.6. The number of nitrogen functional groups attached to an aromatic ring is 1. The zero-order valence-corrected chi connectivity index (χ0v) is 11.0. The zero-order valence-electron chi connectivity index (χ0n) is 11.0. The second-order valence-electron chi connectivity index (χ2n) is 4.25. The van der Waals surface area contributed by atoms with Gasteiger partial charge in [-0.05, 0) is 29.3 Å². The van der Waals surface area contributed by atoms with Gasteiger partial charge in [0.05, 0.1) is 6.42 Å². The smallest absolute Gasteiger partial charge is 0.314 e. The van der Waals surface area contributed by atoms with Gasteiger partial charge in [0.1, 0.15) is 6.61 Å². The van der Waals surface area contributed by atoms with E-state index in [9.17, 15) is 4.79 Å². The van der Waals surface area contributed by atoms with Crippen LogP contribution in [0.4, 0.5) is 5.69 Å². The maximum Gasteiger partial charge on any atom is 0.314 e. The van der Waals surface area contributed by atoms with E-state index >= 15 is 0 Å². The molecule has 0 aliphatic rings. The van der Waals surface area contributed by atoms with E-state index in [2.05, 4.69) is 0 Å². The van der Waals surface area contributed by atoms with E-state index in [0.717, 1.165) is 11.1 Å². The summed E-state index contributed by atoms with van der Waals surface area (Å²) in [6.07, 6.45) is 5.16. The lowest BCUT2D eigenvalue weighted by Gasteiger charge is -2.02. The summed E-state index contributed by atoms with van der Waals surface area (Å²) >= 11 is 0. The lowest BCUT2D eigenvalue weighted by Crippen LogP contribution is -2.05. The standard InChI is InChI=1S/C17H16NO2/c18-16-10-8-15(9-11-16)13-17(19)20-12-4-7-14-5-2-1-3-6-14/h1-11,13H,12,18H2. The van der Waals surface area contributed by atoms with Crippen molar-refractivity contribution in [3.8, 4) is 0 Å². The lowest BCUT2D eigenvalue weighted by molar-refractivity contribution is -0.137. The highest BCUT2D eigenvalue weighted by atomic mass is 16.5. The maximum absolute atomic E-state index is 11.6. The second-order valence-corrected chi connectivity index (χ2v) is 4.25. The molecule has 0 heterocycles. The van der Waals surface area contributed by atoms with Crippen molar-refractivity contribution in [1.29, 1.82) is 0 Å². The molecule has 0 saturated carbocycles. The Morgan fingerprint density at radius 2 is 1.70 bits per heavy atom. The minimum atomic E-state index is -0.368. The van der Waals surface area contributed by atoms with Crippen molar-refractivity contribution in [3.05, 3.63) is 78.2 Å². The third-order valence-electron chi connectivity index (χ3n) is 2.65. The monoisotopic (exact) mass is 266 g/mol. The molecular formula is C17H16NO2. The third kappa shape index (κ3) is 4.61. The van der Waals surface area contributed by atoms with Crippen LogP contribution >= 0.6 is 0 Å². The van der Waals surface area contributed by atoms with Crippen molar-refractivity contribution in [2.75, 3.05) is 12.3 Å². The first-order valence-electron chi connectivity index (χ1n) is 6.33. The fraction of sp³-hybridized carbons (Fsp3) is 0.0588. The Kier molecular flexibility index (Phi) is 4.95. The van der Waals surface area contributed by atoms with Gasteiger partial charge >= 0.3 is 5.97 Å². The predicted molar refractivity (Wildman–Crippen MR) is 80.7 cm³/mol. The number of hydrogen-bond acceptors (Lipinski definition) is 3. The van der Waals surface area contributed by atoms with E-state index in [1.165, 1.54) is 6.42 Å². The molecule has 0 aliphatic heterocycles. The molecule has 2 rings (SSSR count). The van der Waals surface area contributed by atoms with Gasteiger partial charge in [-0.3, -0.25) is 4.79 Å². The van der Waals surface area contributed by atoms with Gasteiger partial charge in [-0.25, -0.2) is 0 Å². The topological polar surface area (TPSA) is 52.3 Å². The summed E-state index contributed by atoms with van der Waals surface area (Å²) in [6, 6.07) is 16.9. The molecule has 2 aromatic carbocycles. The van der Waals surface area contributed by atoms with Crippen LogP contribution in [0.15, 0.2) is 60.7 Å². The Hall–Kier alpha value is -2.55. The highest BCUT2D eigenvalue weighted by Gasteiger charge is 2.04. The van der Waals surface area contributed by atoms with Crippen LogP contribution in [-0.4, -0.2) is 12.6 Å². The molecule has 3 nitrogen and oxygen atoms in total. The van der Waals surface area contributed by atoms with Crippen molar-refractivity contribution < 1.29 is 9.53 Å². The van der Waals surface area contributed by atoms with Crippen molar-refractivity contribution >= 4 is 17.7 Å². The molecule has 0 amide bonds. The highest BCUT2D eigenvalue weighted by molar-refractivity contribution is 5.83. The van der Waals surface area contributed by atoms with E-state index in [4.69, 9.17) is 10.5 Å². The number of esters is 1.